The number of nitrogens with one attached hydrogen (secondary N) is 1. The van der Waals surface area contributed by atoms with Gasteiger partial charge in [-0.3, -0.25) is 9.69 Å². The van der Waals surface area contributed by atoms with Gasteiger partial charge in [-0.05, 0) is 45.0 Å². The van der Waals surface area contributed by atoms with Gasteiger partial charge in [0.25, 0.3) is 0 Å². The van der Waals surface area contributed by atoms with Crippen molar-refractivity contribution in [1.29, 1.82) is 0 Å². The Labute approximate surface area is 128 Å². The van der Waals surface area contributed by atoms with E-state index in [0.717, 1.165) is 31.6 Å². The summed E-state index contributed by atoms with van der Waals surface area (Å²) in [4.78, 5) is 14.3. The number of nitrogens with zero attached hydrogens (tertiary/aromatic N) is 1. The zero-order chi connectivity index (χ0) is 15.7. The van der Waals surface area contributed by atoms with E-state index in [4.69, 9.17) is 0 Å². The van der Waals surface area contributed by atoms with E-state index in [2.05, 4.69) is 24.1 Å². The average Bonchev–Trinajstić information content (AvgIpc) is 2.47. The fourth-order valence-corrected chi connectivity index (χ4v) is 2.42. The minimum absolute atomic E-state index is 0.0152. The number of benzene rings is 1. The lowest BCUT2D eigenvalue weighted by molar-refractivity contribution is -0.117. The van der Waals surface area contributed by atoms with Crippen molar-refractivity contribution in [2.75, 3.05) is 25.0 Å². The molecule has 0 saturated carbocycles. The summed E-state index contributed by atoms with van der Waals surface area (Å²) in [7, 11) is 0. The second-order valence-electron chi connectivity index (χ2n) is 5.49. The molecule has 118 valence electrons. The summed E-state index contributed by atoms with van der Waals surface area (Å²) in [5.41, 5.74) is 1.97. The van der Waals surface area contributed by atoms with E-state index in [9.17, 15) is 9.90 Å². The number of anilines is 1. The normalized spacial score (nSPS) is 12.4. The Morgan fingerprint density at radius 1 is 1.19 bits per heavy atom. The number of aliphatic hydroxyl groups is 1. The first kappa shape index (κ1) is 17.7. The Morgan fingerprint density at radius 3 is 2.24 bits per heavy atom. The number of aliphatic hydroxyl groups excluding tert-OH is 1. The average molecular weight is 292 g/mol. The Morgan fingerprint density at radius 2 is 1.76 bits per heavy atom. The third-order valence-corrected chi connectivity index (χ3v) is 3.51. The van der Waals surface area contributed by atoms with Crippen molar-refractivity contribution in [2.45, 2.75) is 46.1 Å². The monoisotopic (exact) mass is 292 g/mol. The third kappa shape index (κ3) is 6.27. The highest BCUT2D eigenvalue weighted by molar-refractivity contribution is 5.91. The van der Waals surface area contributed by atoms with Gasteiger partial charge in [-0.15, -0.1) is 0 Å². The summed E-state index contributed by atoms with van der Waals surface area (Å²) in [5.74, 6) is -0.0462. The number of amides is 1. The van der Waals surface area contributed by atoms with Crippen molar-refractivity contribution in [3.8, 4) is 0 Å². The van der Waals surface area contributed by atoms with Crippen LogP contribution in [0.5, 0.6) is 0 Å². The lowest BCUT2D eigenvalue weighted by Crippen LogP contribution is -2.41. The van der Waals surface area contributed by atoms with Crippen LogP contribution in [0.1, 0.15) is 38.7 Å². The van der Waals surface area contributed by atoms with Crippen LogP contribution in [-0.4, -0.2) is 41.7 Å². The Kier molecular flexibility index (Phi) is 8.01. The van der Waals surface area contributed by atoms with Gasteiger partial charge in [-0.1, -0.05) is 31.5 Å². The fraction of sp³-hybridized carbons (Fsp3) is 0.588. The Hall–Kier alpha value is -1.39. The van der Waals surface area contributed by atoms with Crippen molar-refractivity contribution in [3.05, 3.63) is 29.8 Å². The molecule has 0 spiro atoms. The van der Waals surface area contributed by atoms with Gasteiger partial charge < -0.3 is 10.4 Å². The van der Waals surface area contributed by atoms with Gasteiger partial charge in [0.2, 0.25) is 5.91 Å². The molecule has 0 aliphatic heterocycles. The van der Waals surface area contributed by atoms with Crippen molar-refractivity contribution in [2.24, 2.45) is 0 Å². The molecule has 4 heteroatoms. The van der Waals surface area contributed by atoms with Crippen LogP contribution < -0.4 is 5.32 Å². The molecule has 4 nitrogen and oxygen atoms in total. The van der Waals surface area contributed by atoms with Crippen LogP contribution in [-0.2, 0) is 4.79 Å². The van der Waals surface area contributed by atoms with Gasteiger partial charge in [0.1, 0.15) is 0 Å². The van der Waals surface area contributed by atoms with Crippen molar-refractivity contribution < 1.29 is 9.90 Å². The van der Waals surface area contributed by atoms with E-state index in [1.54, 1.807) is 0 Å². The van der Waals surface area contributed by atoms with Crippen LogP contribution in [0.25, 0.3) is 0 Å². The molecule has 0 aromatic heterocycles. The molecular formula is C17H28N2O2. The predicted octanol–water partition coefficient (Wildman–Crippen LogP) is 2.81. The van der Waals surface area contributed by atoms with Crippen LogP contribution >= 0.6 is 0 Å². The summed E-state index contributed by atoms with van der Waals surface area (Å²) in [5, 5.41) is 12.5. The van der Waals surface area contributed by atoms with E-state index >= 15 is 0 Å². The SMILES string of the molecule is CCCN(CCC)C(CO)CC(=O)Nc1ccc(C)cc1. The molecular weight excluding hydrogens is 264 g/mol. The molecule has 0 heterocycles. The molecule has 0 aliphatic carbocycles. The molecule has 1 aromatic rings. The molecule has 0 bridgehead atoms. The van der Waals surface area contributed by atoms with Gasteiger partial charge >= 0.3 is 0 Å². The van der Waals surface area contributed by atoms with Crippen molar-refractivity contribution in [1.82, 2.24) is 4.90 Å². The topological polar surface area (TPSA) is 52.6 Å². The number of carbonyl (C=O) groups is 1. The molecule has 1 aromatic carbocycles. The highest BCUT2D eigenvalue weighted by Gasteiger charge is 2.19. The second-order valence-corrected chi connectivity index (χ2v) is 5.49. The zero-order valence-electron chi connectivity index (χ0n) is 13.4. The molecule has 0 aliphatic rings. The van der Waals surface area contributed by atoms with Crippen molar-refractivity contribution >= 4 is 11.6 Å². The fourth-order valence-electron chi connectivity index (χ4n) is 2.42. The highest BCUT2D eigenvalue weighted by Crippen LogP contribution is 2.11. The molecule has 2 N–H and O–H groups in total. The maximum absolute atomic E-state index is 12.1. The quantitative estimate of drug-likeness (QED) is 0.736. The minimum Gasteiger partial charge on any atom is -0.395 e. The lowest BCUT2D eigenvalue weighted by Gasteiger charge is -2.29. The summed E-state index contributed by atoms with van der Waals surface area (Å²) < 4.78 is 0. The first-order valence-corrected chi connectivity index (χ1v) is 7.82. The first-order chi connectivity index (χ1) is 10.1. The van der Waals surface area contributed by atoms with Crippen LogP contribution in [0.2, 0.25) is 0 Å². The number of carbonyl (C=O) groups excluding carboxylic acids is 1. The molecule has 0 radical (unpaired) electrons. The minimum atomic E-state index is -0.102. The van der Waals surface area contributed by atoms with Crippen LogP contribution in [0, 0.1) is 6.92 Å². The summed E-state index contributed by atoms with van der Waals surface area (Å²) >= 11 is 0. The van der Waals surface area contributed by atoms with Crippen LogP contribution in [0.3, 0.4) is 0 Å². The smallest absolute Gasteiger partial charge is 0.226 e. The number of hydrogen-bond donors (Lipinski definition) is 2. The van der Waals surface area contributed by atoms with Gasteiger partial charge in [-0.25, -0.2) is 0 Å². The van der Waals surface area contributed by atoms with E-state index in [1.807, 2.05) is 31.2 Å². The molecule has 1 rings (SSSR count). The second kappa shape index (κ2) is 9.53. The van der Waals surface area contributed by atoms with Crippen LogP contribution in [0.15, 0.2) is 24.3 Å². The summed E-state index contributed by atoms with van der Waals surface area (Å²) in [6.45, 7) is 8.09. The molecule has 21 heavy (non-hydrogen) atoms. The van der Waals surface area contributed by atoms with E-state index in [-0.39, 0.29) is 18.6 Å². The zero-order valence-corrected chi connectivity index (χ0v) is 13.4. The summed E-state index contributed by atoms with van der Waals surface area (Å²) in [6.07, 6.45) is 2.37. The van der Waals surface area contributed by atoms with Crippen LogP contribution in [0.4, 0.5) is 5.69 Å². The molecule has 1 atom stereocenters. The van der Waals surface area contributed by atoms with E-state index < -0.39 is 0 Å². The summed E-state index contributed by atoms with van der Waals surface area (Å²) in [6, 6.07) is 7.64. The first-order valence-electron chi connectivity index (χ1n) is 7.82. The standard InChI is InChI=1S/C17H28N2O2/c1-4-10-19(11-5-2)16(13-20)12-17(21)18-15-8-6-14(3)7-9-15/h6-9,16,20H,4-5,10-13H2,1-3H3,(H,18,21). The highest BCUT2D eigenvalue weighted by atomic mass is 16.3. The van der Waals surface area contributed by atoms with Gasteiger partial charge in [0, 0.05) is 18.2 Å². The Bertz CT molecular complexity index is 411. The van der Waals surface area contributed by atoms with E-state index in [1.165, 1.54) is 5.56 Å². The number of aryl methyl sites for hydroxylation is 1. The van der Waals surface area contributed by atoms with Gasteiger partial charge in [0.15, 0.2) is 0 Å². The van der Waals surface area contributed by atoms with E-state index in [0.29, 0.717) is 6.42 Å². The lowest BCUT2D eigenvalue weighted by atomic mass is 10.1. The Balaban J connectivity index is 2.58. The molecule has 0 saturated heterocycles. The van der Waals surface area contributed by atoms with Gasteiger partial charge in [-0.2, -0.15) is 0 Å². The molecule has 1 unspecified atom stereocenters. The number of hydrogen-bond acceptors (Lipinski definition) is 3. The van der Waals surface area contributed by atoms with Gasteiger partial charge in [0.05, 0.1) is 6.61 Å². The predicted molar refractivity (Wildman–Crippen MR) is 87.5 cm³/mol. The third-order valence-electron chi connectivity index (χ3n) is 3.51. The maximum Gasteiger partial charge on any atom is 0.226 e. The number of rotatable bonds is 9. The molecule has 1 amide bonds. The van der Waals surface area contributed by atoms with Crippen molar-refractivity contribution in [3.63, 3.8) is 0 Å². The largest absolute Gasteiger partial charge is 0.395 e. The molecule has 0 fully saturated rings. The maximum atomic E-state index is 12.1.